The Labute approximate surface area is 94.9 Å². The maximum absolute atomic E-state index is 10.9. The molecule has 1 rings (SSSR count). The molecule has 0 saturated carbocycles. The van der Waals surface area contributed by atoms with Crippen molar-refractivity contribution in [2.24, 2.45) is 0 Å². The molecule has 1 aromatic heterocycles. The fourth-order valence-electron chi connectivity index (χ4n) is 1.19. The monoisotopic (exact) mass is 221 g/mol. The molecule has 0 spiro atoms. The number of rotatable bonds is 4. The predicted octanol–water partition coefficient (Wildman–Crippen LogP) is 1.97. The van der Waals surface area contributed by atoms with E-state index < -0.39 is 0 Å². The molecule has 4 nitrogen and oxygen atoms in total. The van der Waals surface area contributed by atoms with Crippen LogP contribution in [0.25, 0.3) is 6.08 Å². The highest BCUT2D eigenvalue weighted by molar-refractivity contribution is 5.72. The third kappa shape index (κ3) is 3.38. The van der Waals surface area contributed by atoms with Crippen LogP contribution in [0.3, 0.4) is 0 Å². The number of pyridine rings is 1. The lowest BCUT2D eigenvalue weighted by Crippen LogP contribution is -1.96. The van der Waals surface area contributed by atoms with Crippen LogP contribution in [0.5, 0.6) is 5.88 Å². The predicted molar refractivity (Wildman–Crippen MR) is 61.2 cm³/mol. The van der Waals surface area contributed by atoms with Crippen LogP contribution in [0.1, 0.15) is 17.5 Å². The normalized spacial score (nSPS) is 10.4. The molecule has 0 unspecified atom stereocenters. The summed E-state index contributed by atoms with van der Waals surface area (Å²) in [5.41, 5.74) is 2.01. The Morgan fingerprint density at radius 3 is 2.81 bits per heavy atom. The molecular weight excluding hydrogens is 206 g/mol. The molecule has 0 bridgehead atoms. The van der Waals surface area contributed by atoms with Gasteiger partial charge >= 0.3 is 5.97 Å². The van der Waals surface area contributed by atoms with E-state index in [-0.39, 0.29) is 12.4 Å². The van der Waals surface area contributed by atoms with Crippen molar-refractivity contribution in [3.05, 3.63) is 29.5 Å². The summed E-state index contributed by atoms with van der Waals surface area (Å²) in [4.78, 5) is 15.0. The molecular formula is C12H15NO3. The maximum atomic E-state index is 10.9. The minimum Gasteiger partial charge on any atom is -0.481 e. The van der Waals surface area contributed by atoms with Crippen LogP contribution in [0, 0.1) is 6.92 Å². The third-order valence-corrected chi connectivity index (χ3v) is 2.14. The van der Waals surface area contributed by atoms with E-state index >= 15 is 0 Å². The summed E-state index contributed by atoms with van der Waals surface area (Å²) in [5.74, 6) is 0.331. The van der Waals surface area contributed by atoms with Crippen LogP contribution >= 0.6 is 0 Å². The van der Waals surface area contributed by atoms with Crippen molar-refractivity contribution in [1.29, 1.82) is 0 Å². The van der Waals surface area contributed by atoms with Crippen molar-refractivity contribution >= 4 is 12.0 Å². The van der Waals surface area contributed by atoms with E-state index in [1.165, 1.54) is 7.11 Å². The van der Waals surface area contributed by atoms with Gasteiger partial charge in [-0.15, -0.1) is 0 Å². The van der Waals surface area contributed by atoms with Crippen LogP contribution < -0.4 is 4.74 Å². The van der Waals surface area contributed by atoms with Crippen LogP contribution in [-0.2, 0) is 9.53 Å². The highest BCUT2D eigenvalue weighted by atomic mass is 16.5. The van der Waals surface area contributed by atoms with Gasteiger partial charge in [0.25, 0.3) is 0 Å². The van der Waals surface area contributed by atoms with Gasteiger partial charge in [-0.2, -0.15) is 0 Å². The average Bonchev–Trinajstić information content (AvgIpc) is 2.30. The molecule has 1 heterocycles. The lowest BCUT2D eigenvalue weighted by molar-refractivity contribution is -0.139. The molecule has 0 N–H and O–H groups in total. The fraction of sp³-hybridized carbons (Fsp3) is 0.333. The van der Waals surface area contributed by atoms with Gasteiger partial charge in [0.05, 0.1) is 20.6 Å². The lowest BCUT2D eigenvalue weighted by atomic mass is 10.1. The third-order valence-electron chi connectivity index (χ3n) is 2.14. The van der Waals surface area contributed by atoms with Gasteiger partial charge in [0, 0.05) is 12.3 Å². The first-order valence-electron chi connectivity index (χ1n) is 4.91. The standard InChI is InChI=1S/C12H15NO3/c1-9-7-11(15-2)13-8-10(9)5-4-6-12(14)16-3/h4-5,7-8H,6H2,1-3H3. The van der Waals surface area contributed by atoms with Crippen LogP contribution in [0.4, 0.5) is 0 Å². The number of aromatic nitrogens is 1. The van der Waals surface area contributed by atoms with E-state index in [4.69, 9.17) is 4.74 Å². The summed E-state index contributed by atoms with van der Waals surface area (Å²) >= 11 is 0. The van der Waals surface area contributed by atoms with Crippen LogP contribution in [-0.4, -0.2) is 25.2 Å². The van der Waals surface area contributed by atoms with Gasteiger partial charge < -0.3 is 9.47 Å². The van der Waals surface area contributed by atoms with E-state index in [0.717, 1.165) is 11.1 Å². The molecule has 0 aromatic carbocycles. The molecule has 0 fully saturated rings. The van der Waals surface area contributed by atoms with Crippen molar-refractivity contribution in [3.63, 3.8) is 0 Å². The first kappa shape index (κ1) is 12.2. The Morgan fingerprint density at radius 2 is 2.25 bits per heavy atom. The second-order valence-corrected chi connectivity index (χ2v) is 3.27. The average molecular weight is 221 g/mol. The number of hydrogen-bond acceptors (Lipinski definition) is 4. The van der Waals surface area contributed by atoms with Crippen molar-refractivity contribution in [3.8, 4) is 5.88 Å². The number of ether oxygens (including phenoxy) is 2. The largest absolute Gasteiger partial charge is 0.481 e. The number of hydrogen-bond donors (Lipinski definition) is 0. The quantitative estimate of drug-likeness (QED) is 0.729. The van der Waals surface area contributed by atoms with Gasteiger partial charge in [0.15, 0.2) is 0 Å². The zero-order valence-corrected chi connectivity index (χ0v) is 9.69. The number of carbonyl (C=O) groups excluding carboxylic acids is 1. The zero-order chi connectivity index (χ0) is 12.0. The molecule has 0 amide bonds. The Balaban J connectivity index is 2.70. The summed E-state index contributed by atoms with van der Waals surface area (Å²) in [7, 11) is 2.95. The van der Waals surface area contributed by atoms with Crippen LogP contribution in [0.15, 0.2) is 18.3 Å². The molecule has 16 heavy (non-hydrogen) atoms. The van der Waals surface area contributed by atoms with E-state index in [1.807, 2.05) is 19.1 Å². The van der Waals surface area contributed by atoms with Crippen LogP contribution in [0.2, 0.25) is 0 Å². The van der Waals surface area contributed by atoms with Gasteiger partial charge in [-0.05, 0) is 18.1 Å². The molecule has 0 aliphatic carbocycles. The minimum absolute atomic E-state index is 0.254. The molecule has 0 saturated heterocycles. The van der Waals surface area contributed by atoms with Gasteiger partial charge in [0.2, 0.25) is 5.88 Å². The lowest BCUT2D eigenvalue weighted by Gasteiger charge is -2.02. The smallest absolute Gasteiger partial charge is 0.309 e. The van der Waals surface area contributed by atoms with E-state index in [9.17, 15) is 4.79 Å². The summed E-state index contributed by atoms with van der Waals surface area (Å²) < 4.78 is 9.53. The Bertz CT molecular complexity index is 399. The molecule has 0 aliphatic heterocycles. The molecule has 86 valence electrons. The summed E-state index contributed by atoms with van der Waals surface area (Å²) in [6.45, 7) is 1.96. The number of aryl methyl sites for hydroxylation is 1. The van der Waals surface area contributed by atoms with Gasteiger partial charge in [0.1, 0.15) is 0 Å². The number of esters is 1. The van der Waals surface area contributed by atoms with Crippen molar-refractivity contribution in [2.75, 3.05) is 14.2 Å². The summed E-state index contributed by atoms with van der Waals surface area (Å²) in [6.07, 6.45) is 5.57. The van der Waals surface area contributed by atoms with E-state index in [0.29, 0.717) is 5.88 Å². The minimum atomic E-state index is -0.254. The molecule has 0 atom stereocenters. The van der Waals surface area contributed by atoms with Gasteiger partial charge in [-0.3, -0.25) is 4.79 Å². The number of methoxy groups -OCH3 is 2. The van der Waals surface area contributed by atoms with Crippen molar-refractivity contribution < 1.29 is 14.3 Å². The second kappa shape index (κ2) is 5.90. The van der Waals surface area contributed by atoms with Crippen molar-refractivity contribution in [2.45, 2.75) is 13.3 Å². The second-order valence-electron chi connectivity index (χ2n) is 3.27. The fourth-order valence-corrected chi connectivity index (χ4v) is 1.19. The maximum Gasteiger partial charge on any atom is 0.309 e. The molecule has 0 radical (unpaired) electrons. The van der Waals surface area contributed by atoms with E-state index in [1.54, 1.807) is 19.4 Å². The SMILES string of the molecule is COC(=O)CC=Cc1cnc(OC)cc1C. The number of nitrogens with zero attached hydrogens (tertiary/aromatic N) is 1. The van der Waals surface area contributed by atoms with Crippen molar-refractivity contribution in [1.82, 2.24) is 4.98 Å². The van der Waals surface area contributed by atoms with E-state index in [2.05, 4.69) is 9.72 Å². The first-order valence-corrected chi connectivity index (χ1v) is 4.91. The Kier molecular flexibility index (Phi) is 4.51. The van der Waals surface area contributed by atoms with Gasteiger partial charge in [-0.25, -0.2) is 4.98 Å². The highest BCUT2D eigenvalue weighted by Crippen LogP contribution is 2.14. The molecule has 1 aromatic rings. The summed E-state index contributed by atoms with van der Waals surface area (Å²) in [5, 5.41) is 0. The Hall–Kier alpha value is -1.84. The number of carbonyl (C=O) groups is 1. The molecule has 4 heteroatoms. The highest BCUT2D eigenvalue weighted by Gasteiger charge is 1.99. The summed E-state index contributed by atoms with van der Waals surface area (Å²) in [6, 6.07) is 1.85. The molecule has 0 aliphatic rings. The van der Waals surface area contributed by atoms with Gasteiger partial charge in [-0.1, -0.05) is 12.2 Å². The zero-order valence-electron chi connectivity index (χ0n) is 9.69. The first-order chi connectivity index (χ1) is 7.67. The Morgan fingerprint density at radius 1 is 1.50 bits per heavy atom. The topological polar surface area (TPSA) is 48.4 Å².